The Morgan fingerprint density at radius 1 is 1.31 bits per heavy atom. The molecule has 0 aromatic heterocycles. The molecule has 1 aliphatic heterocycles. The average molecular weight is 349 g/mol. The standard InChI is InChI=1S/C20H19N3O3/c1-3-14(2)23(20(24)22-25)18-12-8-7-11-16(18)19-21-17(13-26-19)15-9-5-4-6-10-15/h1,4-12,14,17,25H,13H2,2H3,(H,22,24). The van der Waals surface area contributed by atoms with Gasteiger partial charge in [0, 0.05) is 0 Å². The molecule has 2 amide bonds. The monoisotopic (exact) mass is 349 g/mol. The Balaban J connectivity index is 2.00. The van der Waals surface area contributed by atoms with Crippen molar-refractivity contribution in [2.24, 2.45) is 4.99 Å². The number of hydrogen-bond acceptors (Lipinski definition) is 4. The lowest BCUT2D eigenvalue weighted by atomic mass is 10.1. The molecular formula is C20H19N3O3. The van der Waals surface area contributed by atoms with E-state index in [1.807, 2.05) is 42.5 Å². The molecule has 0 saturated heterocycles. The van der Waals surface area contributed by atoms with Crippen molar-refractivity contribution in [3.05, 3.63) is 65.7 Å². The predicted molar refractivity (Wildman–Crippen MR) is 99.2 cm³/mol. The minimum absolute atomic E-state index is 0.107. The molecule has 1 aliphatic rings. The number of anilines is 1. The Kier molecular flexibility index (Phi) is 5.20. The summed E-state index contributed by atoms with van der Waals surface area (Å²) < 4.78 is 5.80. The highest BCUT2D eigenvalue weighted by molar-refractivity contribution is 6.05. The van der Waals surface area contributed by atoms with Crippen LogP contribution < -0.4 is 10.4 Å². The molecule has 2 N–H and O–H groups in total. The molecular weight excluding hydrogens is 330 g/mol. The minimum atomic E-state index is -0.721. The third kappa shape index (κ3) is 3.39. The molecule has 6 nitrogen and oxygen atoms in total. The molecule has 26 heavy (non-hydrogen) atoms. The van der Waals surface area contributed by atoms with Crippen LogP contribution in [0.25, 0.3) is 0 Å². The van der Waals surface area contributed by atoms with Crippen molar-refractivity contribution in [2.45, 2.75) is 19.0 Å². The number of terminal acetylenes is 1. The van der Waals surface area contributed by atoms with Gasteiger partial charge in [-0.1, -0.05) is 48.4 Å². The number of carbonyl (C=O) groups is 1. The molecule has 2 unspecified atom stereocenters. The van der Waals surface area contributed by atoms with Gasteiger partial charge in [0.1, 0.15) is 12.6 Å². The van der Waals surface area contributed by atoms with Crippen LogP contribution in [0.15, 0.2) is 59.6 Å². The van der Waals surface area contributed by atoms with Crippen LogP contribution in [0.2, 0.25) is 0 Å². The van der Waals surface area contributed by atoms with Gasteiger partial charge in [0.05, 0.1) is 17.3 Å². The summed E-state index contributed by atoms with van der Waals surface area (Å²) in [6.45, 7) is 2.11. The lowest BCUT2D eigenvalue weighted by Crippen LogP contribution is -2.44. The molecule has 0 saturated carbocycles. The summed E-state index contributed by atoms with van der Waals surface area (Å²) in [5, 5.41) is 9.09. The summed E-state index contributed by atoms with van der Waals surface area (Å²) in [7, 11) is 0. The number of nitrogens with zero attached hydrogens (tertiary/aromatic N) is 2. The van der Waals surface area contributed by atoms with E-state index in [2.05, 4.69) is 10.9 Å². The van der Waals surface area contributed by atoms with Crippen molar-refractivity contribution in [1.29, 1.82) is 0 Å². The Hall–Kier alpha value is -3.30. The predicted octanol–water partition coefficient (Wildman–Crippen LogP) is 3.13. The van der Waals surface area contributed by atoms with Gasteiger partial charge in [0.2, 0.25) is 5.90 Å². The van der Waals surface area contributed by atoms with E-state index in [0.717, 1.165) is 5.56 Å². The van der Waals surface area contributed by atoms with Crippen molar-refractivity contribution in [1.82, 2.24) is 5.48 Å². The largest absolute Gasteiger partial charge is 0.475 e. The molecule has 0 bridgehead atoms. The van der Waals surface area contributed by atoms with E-state index < -0.39 is 12.1 Å². The van der Waals surface area contributed by atoms with E-state index >= 15 is 0 Å². The van der Waals surface area contributed by atoms with Crippen LogP contribution in [-0.2, 0) is 4.74 Å². The van der Waals surface area contributed by atoms with Crippen molar-refractivity contribution < 1.29 is 14.7 Å². The van der Waals surface area contributed by atoms with Crippen molar-refractivity contribution in [2.75, 3.05) is 11.5 Å². The second-order valence-corrected chi connectivity index (χ2v) is 5.82. The first-order valence-electron chi connectivity index (χ1n) is 8.20. The summed E-state index contributed by atoms with van der Waals surface area (Å²) in [6.07, 6.45) is 5.49. The van der Waals surface area contributed by atoms with E-state index in [-0.39, 0.29) is 6.04 Å². The number of benzene rings is 2. The van der Waals surface area contributed by atoms with Crippen LogP contribution in [0, 0.1) is 12.3 Å². The molecule has 3 rings (SSSR count). The second-order valence-electron chi connectivity index (χ2n) is 5.82. The number of nitrogens with one attached hydrogen (secondary N) is 1. The van der Waals surface area contributed by atoms with E-state index in [1.165, 1.54) is 4.90 Å². The van der Waals surface area contributed by atoms with Crippen LogP contribution in [0.1, 0.15) is 24.1 Å². The normalized spacial score (nSPS) is 16.8. The van der Waals surface area contributed by atoms with Gasteiger partial charge in [-0.3, -0.25) is 10.1 Å². The quantitative estimate of drug-likeness (QED) is 0.506. The van der Waals surface area contributed by atoms with Gasteiger partial charge in [0.15, 0.2) is 0 Å². The number of urea groups is 1. The van der Waals surface area contributed by atoms with Crippen LogP contribution in [0.3, 0.4) is 0 Å². The molecule has 132 valence electrons. The maximum Gasteiger partial charge on any atom is 0.346 e. The number of ether oxygens (including phenoxy) is 1. The molecule has 2 aromatic carbocycles. The molecule has 0 fully saturated rings. The Morgan fingerprint density at radius 2 is 2.00 bits per heavy atom. The highest BCUT2D eigenvalue weighted by Gasteiger charge is 2.28. The van der Waals surface area contributed by atoms with Crippen molar-refractivity contribution in [3.8, 4) is 12.3 Å². The highest BCUT2D eigenvalue weighted by Crippen LogP contribution is 2.30. The molecule has 2 atom stereocenters. The zero-order chi connectivity index (χ0) is 18.5. The number of aliphatic imine (C=N–C) groups is 1. The highest BCUT2D eigenvalue weighted by atomic mass is 16.5. The number of hydrogen-bond donors (Lipinski definition) is 2. The van der Waals surface area contributed by atoms with Crippen LogP contribution in [0.5, 0.6) is 0 Å². The zero-order valence-corrected chi connectivity index (χ0v) is 14.3. The van der Waals surface area contributed by atoms with Gasteiger partial charge in [0.25, 0.3) is 0 Å². The summed E-state index contributed by atoms with van der Waals surface area (Å²) in [5.74, 6) is 2.94. The SMILES string of the molecule is C#CC(C)N(C(=O)NO)c1ccccc1C1=NC(c2ccccc2)CO1. The smallest absolute Gasteiger partial charge is 0.346 e. The van der Waals surface area contributed by atoms with Gasteiger partial charge in [-0.05, 0) is 24.6 Å². The maximum atomic E-state index is 12.2. The third-order valence-corrected chi connectivity index (χ3v) is 4.17. The summed E-state index contributed by atoms with van der Waals surface area (Å²) in [4.78, 5) is 18.1. The maximum absolute atomic E-state index is 12.2. The first-order valence-corrected chi connectivity index (χ1v) is 8.20. The van der Waals surface area contributed by atoms with Crippen LogP contribution in [-0.4, -0.2) is 29.8 Å². The van der Waals surface area contributed by atoms with Crippen molar-refractivity contribution >= 4 is 17.6 Å². The van der Waals surface area contributed by atoms with E-state index in [4.69, 9.17) is 16.4 Å². The number of para-hydroxylation sites is 1. The Labute approximate surface area is 152 Å². The second kappa shape index (κ2) is 7.72. The minimum Gasteiger partial charge on any atom is -0.475 e. The molecule has 2 aromatic rings. The first-order chi connectivity index (χ1) is 12.7. The fourth-order valence-corrected chi connectivity index (χ4v) is 2.85. The van der Waals surface area contributed by atoms with E-state index in [9.17, 15) is 4.79 Å². The Bertz CT molecular complexity index is 858. The summed E-state index contributed by atoms with van der Waals surface area (Å²) in [5.41, 5.74) is 3.85. The molecule has 0 radical (unpaired) electrons. The lowest BCUT2D eigenvalue weighted by molar-refractivity contribution is 0.166. The van der Waals surface area contributed by atoms with Gasteiger partial charge in [-0.15, -0.1) is 6.42 Å². The number of hydroxylamine groups is 1. The van der Waals surface area contributed by atoms with Crippen LogP contribution >= 0.6 is 0 Å². The summed E-state index contributed by atoms with van der Waals surface area (Å²) in [6, 6.07) is 15.6. The first kappa shape index (κ1) is 17.5. The average Bonchev–Trinajstić information content (AvgIpc) is 3.19. The lowest BCUT2D eigenvalue weighted by Gasteiger charge is -2.26. The third-order valence-electron chi connectivity index (χ3n) is 4.17. The molecule has 1 heterocycles. The molecule has 6 heteroatoms. The fourth-order valence-electron chi connectivity index (χ4n) is 2.85. The summed E-state index contributed by atoms with van der Waals surface area (Å²) >= 11 is 0. The molecule has 0 spiro atoms. The number of carbonyl (C=O) groups excluding carboxylic acids is 1. The van der Waals surface area contributed by atoms with E-state index in [1.54, 1.807) is 24.5 Å². The fraction of sp³-hybridized carbons (Fsp3) is 0.200. The zero-order valence-electron chi connectivity index (χ0n) is 14.3. The van der Waals surface area contributed by atoms with Gasteiger partial charge < -0.3 is 4.74 Å². The van der Waals surface area contributed by atoms with E-state index in [0.29, 0.717) is 23.8 Å². The number of rotatable bonds is 4. The Morgan fingerprint density at radius 3 is 2.69 bits per heavy atom. The van der Waals surface area contributed by atoms with Gasteiger partial charge in [-0.2, -0.15) is 0 Å². The van der Waals surface area contributed by atoms with Crippen LogP contribution in [0.4, 0.5) is 10.5 Å². The topological polar surface area (TPSA) is 74.2 Å². The van der Waals surface area contributed by atoms with Crippen molar-refractivity contribution in [3.63, 3.8) is 0 Å². The van der Waals surface area contributed by atoms with Gasteiger partial charge >= 0.3 is 6.03 Å². The number of amides is 2. The van der Waals surface area contributed by atoms with Gasteiger partial charge in [-0.25, -0.2) is 15.3 Å². The molecule has 0 aliphatic carbocycles.